The van der Waals surface area contributed by atoms with Gasteiger partial charge in [0.25, 0.3) is 10.0 Å². The Bertz CT molecular complexity index is 1460. The van der Waals surface area contributed by atoms with Gasteiger partial charge < -0.3 is 0 Å². The van der Waals surface area contributed by atoms with Gasteiger partial charge in [0.1, 0.15) is 6.54 Å². The molecule has 0 spiro atoms. The number of rotatable bonds is 9. The number of amides is 1. The molecule has 36 heavy (non-hydrogen) atoms. The molecule has 3 aromatic carbocycles. The van der Waals surface area contributed by atoms with Gasteiger partial charge in [0.05, 0.1) is 10.6 Å². The predicted octanol–water partition coefficient (Wildman–Crippen LogP) is 5.93. The number of carbonyl (C=O) groups excluding carboxylic acids is 1. The average Bonchev–Trinajstić information content (AvgIpc) is 3.31. The van der Waals surface area contributed by atoms with E-state index in [0.717, 1.165) is 26.7 Å². The maximum atomic E-state index is 13.5. The number of hydrogen-bond donors (Lipinski definition) is 1. The molecular formula is C25H23ClN4O3S3. The molecule has 1 aromatic heterocycles. The highest BCUT2D eigenvalue weighted by Gasteiger charge is 2.28. The number of carbonyl (C=O) groups is 1. The zero-order chi connectivity index (χ0) is 25.7. The molecule has 0 aliphatic carbocycles. The van der Waals surface area contributed by atoms with Crippen molar-refractivity contribution < 1.29 is 13.2 Å². The molecule has 0 unspecified atom stereocenters. The third-order valence-electron chi connectivity index (χ3n) is 5.33. The second-order valence-corrected chi connectivity index (χ2v) is 12.4. The van der Waals surface area contributed by atoms with Crippen LogP contribution in [0.25, 0.3) is 0 Å². The van der Waals surface area contributed by atoms with E-state index in [1.807, 2.05) is 50.2 Å². The normalized spacial score (nSPS) is 11.3. The van der Waals surface area contributed by atoms with E-state index >= 15 is 0 Å². The number of nitrogens with zero attached hydrogens (tertiary/aromatic N) is 3. The molecule has 0 fully saturated rings. The Balaban J connectivity index is 1.52. The Morgan fingerprint density at radius 3 is 2.42 bits per heavy atom. The van der Waals surface area contributed by atoms with Gasteiger partial charge >= 0.3 is 0 Å². The summed E-state index contributed by atoms with van der Waals surface area (Å²) in [5.41, 5.74) is 3.47. The third-order valence-corrected chi connectivity index (χ3v) is 9.41. The maximum Gasteiger partial charge on any atom is 0.264 e. The summed E-state index contributed by atoms with van der Waals surface area (Å²) in [6, 6.07) is 21.1. The first kappa shape index (κ1) is 26.2. The highest BCUT2D eigenvalue weighted by atomic mass is 35.5. The molecule has 0 saturated carbocycles. The summed E-state index contributed by atoms with van der Waals surface area (Å²) < 4.78 is 28.8. The van der Waals surface area contributed by atoms with Crippen molar-refractivity contribution in [3.63, 3.8) is 0 Å². The minimum absolute atomic E-state index is 0.0356. The highest BCUT2D eigenvalue weighted by molar-refractivity contribution is 8.00. The molecule has 4 rings (SSSR count). The van der Waals surface area contributed by atoms with Gasteiger partial charge in [-0.15, -0.1) is 10.2 Å². The van der Waals surface area contributed by atoms with Crippen molar-refractivity contribution in [3.8, 4) is 0 Å². The van der Waals surface area contributed by atoms with E-state index in [4.69, 9.17) is 11.6 Å². The number of hydrogen-bond acceptors (Lipinski definition) is 7. The summed E-state index contributed by atoms with van der Waals surface area (Å²) in [7, 11) is -4.04. The molecule has 0 bridgehead atoms. The summed E-state index contributed by atoms with van der Waals surface area (Å²) in [4.78, 5) is 13.0. The first-order valence-corrected chi connectivity index (χ1v) is 14.5. The molecule has 1 N–H and O–H groups in total. The zero-order valence-corrected chi connectivity index (χ0v) is 22.7. The highest BCUT2D eigenvalue weighted by Crippen LogP contribution is 2.29. The van der Waals surface area contributed by atoms with Crippen LogP contribution in [0.4, 0.5) is 10.8 Å². The van der Waals surface area contributed by atoms with Crippen molar-refractivity contribution >= 4 is 61.4 Å². The van der Waals surface area contributed by atoms with Gasteiger partial charge in [-0.25, -0.2) is 8.42 Å². The topological polar surface area (TPSA) is 92.3 Å². The summed E-state index contributed by atoms with van der Waals surface area (Å²) in [5.74, 6) is 0.199. The Kier molecular flexibility index (Phi) is 8.30. The monoisotopic (exact) mass is 558 g/mol. The number of aromatic nitrogens is 2. The van der Waals surface area contributed by atoms with Crippen molar-refractivity contribution in [3.05, 3.63) is 94.5 Å². The second kappa shape index (κ2) is 11.4. The summed E-state index contributed by atoms with van der Waals surface area (Å²) in [6.07, 6.45) is 0. The van der Waals surface area contributed by atoms with Gasteiger partial charge in [-0.2, -0.15) is 0 Å². The van der Waals surface area contributed by atoms with Crippen molar-refractivity contribution in [1.82, 2.24) is 10.2 Å². The van der Waals surface area contributed by atoms with Crippen LogP contribution in [0.15, 0.2) is 82.0 Å². The molecular weight excluding hydrogens is 536 g/mol. The van der Waals surface area contributed by atoms with Crippen LogP contribution in [-0.2, 0) is 20.6 Å². The zero-order valence-electron chi connectivity index (χ0n) is 19.5. The number of anilines is 2. The Labute approximate surface area is 223 Å². The molecule has 11 heteroatoms. The van der Waals surface area contributed by atoms with Crippen molar-refractivity contribution in [1.29, 1.82) is 0 Å². The van der Waals surface area contributed by atoms with Crippen LogP contribution in [0.1, 0.15) is 16.7 Å². The predicted molar refractivity (Wildman–Crippen MR) is 146 cm³/mol. The number of sulfonamides is 1. The number of benzene rings is 3. The summed E-state index contributed by atoms with van der Waals surface area (Å²) >= 11 is 8.70. The van der Waals surface area contributed by atoms with E-state index in [1.165, 1.54) is 47.4 Å². The van der Waals surface area contributed by atoms with Gasteiger partial charge in [-0.05, 0) is 66.9 Å². The molecule has 186 valence electrons. The van der Waals surface area contributed by atoms with E-state index in [1.54, 1.807) is 12.1 Å². The lowest BCUT2D eigenvalue weighted by molar-refractivity contribution is -0.114. The first-order valence-electron chi connectivity index (χ1n) is 10.9. The SMILES string of the molecule is Cc1ccc(N(CC(=O)Nc2nnc(SCc3ccccc3)s2)S(=O)(=O)c2ccc(Cl)cc2)cc1C. The van der Waals surface area contributed by atoms with Crippen molar-refractivity contribution in [2.75, 3.05) is 16.2 Å². The largest absolute Gasteiger partial charge is 0.299 e. The lowest BCUT2D eigenvalue weighted by atomic mass is 10.1. The number of thioether (sulfide) groups is 1. The van der Waals surface area contributed by atoms with Gasteiger partial charge in [0.15, 0.2) is 4.34 Å². The van der Waals surface area contributed by atoms with Gasteiger partial charge in [0, 0.05) is 10.8 Å². The third kappa shape index (κ3) is 6.44. The van der Waals surface area contributed by atoms with Crippen LogP contribution in [0.2, 0.25) is 5.02 Å². The van der Waals surface area contributed by atoms with Gasteiger partial charge in [-0.1, -0.05) is 71.1 Å². The van der Waals surface area contributed by atoms with E-state index in [9.17, 15) is 13.2 Å². The molecule has 1 heterocycles. The molecule has 1 amide bonds. The Morgan fingerprint density at radius 1 is 1.00 bits per heavy atom. The van der Waals surface area contributed by atoms with Crippen molar-refractivity contribution in [2.45, 2.75) is 28.8 Å². The van der Waals surface area contributed by atoms with Gasteiger partial charge in [0.2, 0.25) is 11.0 Å². The Hall–Kier alpha value is -2.92. The molecule has 0 saturated heterocycles. The molecule has 0 radical (unpaired) electrons. The lowest BCUT2D eigenvalue weighted by Gasteiger charge is -2.24. The van der Waals surface area contributed by atoms with E-state index in [-0.39, 0.29) is 4.90 Å². The Morgan fingerprint density at radius 2 is 1.72 bits per heavy atom. The number of halogens is 1. The van der Waals surface area contributed by atoms with Crippen LogP contribution in [-0.4, -0.2) is 31.1 Å². The second-order valence-electron chi connectivity index (χ2n) is 7.93. The molecule has 4 aromatic rings. The minimum Gasteiger partial charge on any atom is -0.299 e. The van der Waals surface area contributed by atoms with E-state index in [0.29, 0.717) is 20.2 Å². The molecule has 7 nitrogen and oxygen atoms in total. The van der Waals surface area contributed by atoms with Crippen molar-refractivity contribution in [2.24, 2.45) is 0 Å². The van der Waals surface area contributed by atoms with Gasteiger partial charge in [-0.3, -0.25) is 14.4 Å². The maximum absolute atomic E-state index is 13.5. The van der Waals surface area contributed by atoms with Crippen LogP contribution in [0.5, 0.6) is 0 Å². The number of nitrogens with one attached hydrogen (secondary N) is 1. The van der Waals surface area contributed by atoms with Crippen LogP contribution in [0, 0.1) is 13.8 Å². The average molecular weight is 559 g/mol. The fourth-order valence-corrected chi connectivity index (χ4v) is 6.52. The lowest BCUT2D eigenvalue weighted by Crippen LogP contribution is -2.38. The fourth-order valence-electron chi connectivity index (χ4n) is 3.26. The quantitative estimate of drug-likeness (QED) is 0.202. The minimum atomic E-state index is -4.04. The summed E-state index contributed by atoms with van der Waals surface area (Å²) in [6.45, 7) is 3.40. The van der Waals surface area contributed by atoms with Crippen LogP contribution in [0.3, 0.4) is 0 Å². The molecule has 0 aliphatic rings. The standard InChI is InChI=1S/C25H23ClN4O3S3/c1-17-8-11-21(14-18(17)2)30(36(32,33)22-12-9-20(26)10-13-22)15-23(31)27-24-28-29-25(35-24)34-16-19-6-4-3-5-7-19/h3-14H,15-16H2,1-2H3,(H,27,28,31). The summed E-state index contributed by atoms with van der Waals surface area (Å²) in [5, 5.41) is 11.6. The first-order chi connectivity index (χ1) is 17.2. The fraction of sp³-hybridized carbons (Fsp3) is 0.160. The molecule has 0 aliphatic heterocycles. The smallest absolute Gasteiger partial charge is 0.264 e. The van der Waals surface area contributed by atoms with Crippen LogP contribution >= 0.6 is 34.7 Å². The number of aryl methyl sites for hydroxylation is 2. The molecule has 0 atom stereocenters. The van der Waals surface area contributed by atoms with E-state index < -0.39 is 22.5 Å². The van der Waals surface area contributed by atoms with E-state index in [2.05, 4.69) is 15.5 Å². The van der Waals surface area contributed by atoms with Crippen LogP contribution < -0.4 is 9.62 Å².